The Kier molecular flexibility index (Phi) is 12.3. The Balaban J connectivity index is 1.34. The van der Waals surface area contributed by atoms with Gasteiger partial charge in [-0.15, -0.1) is 23.2 Å². The lowest BCUT2D eigenvalue weighted by molar-refractivity contribution is -0.140. The van der Waals surface area contributed by atoms with Crippen molar-refractivity contribution in [3.05, 3.63) is 64.7 Å². The number of carboxylic acids is 1. The van der Waals surface area contributed by atoms with Gasteiger partial charge in [-0.1, -0.05) is 37.6 Å². The smallest absolute Gasteiger partial charge is 0.329 e. The van der Waals surface area contributed by atoms with Crippen LogP contribution in [0.25, 0.3) is 0 Å². The minimum atomic E-state index is -1.28. The molecule has 2 saturated carbocycles. The van der Waals surface area contributed by atoms with E-state index in [4.69, 9.17) is 27.9 Å². The molecule has 3 N–H and O–H groups in total. The Labute approximate surface area is 296 Å². The number of nitrogens with zero attached hydrogens (tertiary/aromatic N) is 3. The first-order valence-corrected chi connectivity index (χ1v) is 18.5. The van der Waals surface area contributed by atoms with Gasteiger partial charge in [-0.2, -0.15) is 0 Å². The molecule has 10 heteroatoms. The van der Waals surface area contributed by atoms with Crippen LogP contribution in [0.1, 0.15) is 62.1 Å². The fourth-order valence-corrected chi connectivity index (χ4v) is 9.34. The number of fused-ring (bicyclic) bond motifs is 5. The topological polar surface area (TPSA) is 96.7 Å². The maximum atomic E-state index is 12.5. The Bertz CT molecular complexity index is 1430. The SMILES string of the molecule is C[C@@H]1Cc2cc(O)c(N(O)C(Cc3ccc(N(CCCl)CCCl)cc3)C(=O)O)cc2C2CC[C@]3(C)C(=CCOCCN(C)C)CCC3C21. The number of rotatable bonds is 15. The van der Waals surface area contributed by atoms with Crippen molar-refractivity contribution in [1.82, 2.24) is 4.90 Å². The van der Waals surface area contributed by atoms with Crippen LogP contribution in [-0.4, -0.2) is 91.0 Å². The molecule has 2 aromatic rings. The van der Waals surface area contributed by atoms with Gasteiger partial charge in [0, 0.05) is 43.5 Å². The number of likely N-dealkylation sites (N-methyl/N-ethyl adjacent to an activating group) is 1. The third-order valence-corrected chi connectivity index (χ3v) is 11.8. The Hall–Kier alpha value is -2.49. The fraction of sp³-hybridized carbons (Fsp3) is 0.605. The molecule has 0 aliphatic heterocycles. The monoisotopic (exact) mass is 701 g/mol. The number of hydrogen-bond donors (Lipinski definition) is 3. The molecule has 264 valence electrons. The van der Waals surface area contributed by atoms with E-state index >= 15 is 0 Å². The van der Waals surface area contributed by atoms with E-state index < -0.39 is 12.0 Å². The van der Waals surface area contributed by atoms with E-state index in [1.54, 1.807) is 6.07 Å². The van der Waals surface area contributed by atoms with Crippen LogP contribution in [0.2, 0.25) is 0 Å². The molecular formula is C38H53Cl2N3O5. The molecule has 0 heterocycles. The third-order valence-electron chi connectivity index (χ3n) is 11.4. The second-order valence-corrected chi connectivity index (χ2v) is 15.3. The lowest BCUT2D eigenvalue weighted by Gasteiger charge is -2.52. The van der Waals surface area contributed by atoms with Crippen LogP contribution < -0.4 is 9.96 Å². The highest BCUT2D eigenvalue weighted by molar-refractivity contribution is 6.18. The van der Waals surface area contributed by atoms with E-state index in [0.717, 1.165) is 72.7 Å². The molecule has 4 unspecified atom stereocenters. The molecule has 2 fully saturated rings. The molecule has 0 amide bonds. The maximum absolute atomic E-state index is 12.5. The Morgan fingerprint density at radius 2 is 1.81 bits per heavy atom. The van der Waals surface area contributed by atoms with Crippen LogP contribution in [0.5, 0.6) is 5.75 Å². The third kappa shape index (κ3) is 7.78. The van der Waals surface area contributed by atoms with Crippen LogP contribution in [0.4, 0.5) is 11.4 Å². The van der Waals surface area contributed by atoms with E-state index in [1.165, 1.54) is 5.57 Å². The summed E-state index contributed by atoms with van der Waals surface area (Å²) in [5, 5.41) is 33.6. The van der Waals surface area contributed by atoms with Crippen LogP contribution in [0.15, 0.2) is 48.0 Å². The predicted molar refractivity (Wildman–Crippen MR) is 194 cm³/mol. The molecule has 0 spiro atoms. The average Bonchev–Trinajstić information content (AvgIpc) is 3.38. The Morgan fingerprint density at radius 3 is 2.46 bits per heavy atom. The van der Waals surface area contributed by atoms with Crippen molar-refractivity contribution < 1.29 is 25.0 Å². The average molecular weight is 703 g/mol. The van der Waals surface area contributed by atoms with Crippen molar-refractivity contribution in [3.8, 4) is 5.75 Å². The minimum Gasteiger partial charge on any atom is -0.506 e. The summed E-state index contributed by atoms with van der Waals surface area (Å²) in [6, 6.07) is 9.93. The summed E-state index contributed by atoms with van der Waals surface area (Å²) in [5.41, 5.74) is 5.78. The van der Waals surface area contributed by atoms with Gasteiger partial charge in [-0.05, 0) is 116 Å². The van der Waals surface area contributed by atoms with Crippen molar-refractivity contribution in [2.24, 2.45) is 23.2 Å². The van der Waals surface area contributed by atoms with Crippen molar-refractivity contribution >= 4 is 40.5 Å². The van der Waals surface area contributed by atoms with Crippen LogP contribution in [0, 0.1) is 23.2 Å². The number of aliphatic carboxylic acids is 1. The minimum absolute atomic E-state index is 0.0607. The van der Waals surface area contributed by atoms with Gasteiger partial charge >= 0.3 is 5.97 Å². The summed E-state index contributed by atoms with van der Waals surface area (Å²) in [6.45, 7) is 8.39. The number of hydroxylamine groups is 1. The van der Waals surface area contributed by atoms with Gasteiger partial charge in [-0.25, -0.2) is 9.86 Å². The first kappa shape index (κ1) is 36.8. The number of carboxylic acid groups (broad SMARTS) is 1. The standard InChI is InChI=1S/C38H53Cl2N3O5/c1-25-21-27-23-35(44)33(43(47)34(37(45)46)22-26-5-8-29(9-6-26)42(16-14-39)17-15-40)24-31(27)30-11-13-38(2)28(7-10-32(38)36(25)30)12-19-48-20-18-41(3)4/h5-6,8-9,12,23-25,30,32,34,36,44,47H,7,10-11,13-22H2,1-4H3,(H,45,46)/t25-,30?,32?,34?,36?,38-/m1/s1. The molecule has 0 saturated heterocycles. The number of halogens is 2. The lowest BCUT2D eigenvalue weighted by Crippen LogP contribution is -2.44. The summed E-state index contributed by atoms with van der Waals surface area (Å²) in [5.74, 6) is 1.46. The highest BCUT2D eigenvalue weighted by Crippen LogP contribution is 2.64. The first-order chi connectivity index (χ1) is 23.0. The van der Waals surface area contributed by atoms with E-state index in [2.05, 4.69) is 43.8 Å². The first-order valence-electron chi connectivity index (χ1n) is 17.4. The fourth-order valence-electron chi connectivity index (χ4n) is 8.94. The summed E-state index contributed by atoms with van der Waals surface area (Å²) >= 11 is 11.9. The quantitative estimate of drug-likeness (QED) is 0.0779. The number of alkyl halides is 2. The second-order valence-electron chi connectivity index (χ2n) is 14.5. The molecule has 5 rings (SSSR count). The van der Waals surface area contributed by atoms with E-state index in [1.807, 2.05) is 30.3 Å². The summed E-state index contributed by atoms with van der Waals surface area (Å²) in [4.78, 5) is 16.7. The summed E-state index contributed by atoms with van der Waals surface area (Å²) in [6.07, 6.45) is 7.61. The lowest BCUT2D eigenvalue weighted by atomic mass is 9.52. The second kappa shape index (κ2) is 16.0. The normalized spacial score (nSPS) is 26.2. The van der Waals surface area contributed by atoms with Gasteiger partial charge in [0.1, 0.15) is 11.4 Å². The Morgan fingerprint density at radius 1 is 1.10 bits per heavy atom. The molecule has 6 atom stereocenters. The van der Waals surface area contributed by atoms with Crippen molar-refractivity contribution in [3.63, 3.8) is 0 Å². The van der Waals surface area contributed by atoms with Gasteiger partial charge in [0.05, 0.1) is 13.2 Å². The highest BCUT2D eigenvalue weighted by atomic mass is 35.5. The van der Waals surface area contributed by atoms with Crippen LogP contribution >= 0.6 is 23.2 Å². The number of phenolic OH excluding ortho intramolecular Hbond substituents is 1. The van der Waals surface area contributed by atoms with Gasteiger partial charge in [0.2, 0.25) is 0 Å². The number of phenols is 1. The number of carbonyl (C=O) groups is 1. The van der Waals surface area contributed by atoms with E-state index in [9.17, 15) is 20.2 Å². The van der Waals surface area contributed by atoms with Crippen LogP contribution in [0.3, 0.4) is 0 Å². The maximum Gasteiger partial charge on any atom is 0.329 e. The number of benzene rings is 2. The zero-order valence-corrected chi connectivity index (χ0v) is 30.4. The molecular weight excluding hydrogens is 649 g/mol. The molecule has 2 aromatic carbocycles. The number of ether oxygens (including phenoxy) is 1. The van der Waals surface area contributed by atoms with Gasteiger partial charge in [-0.3, -0.25) is 5.21 Å². The largest absolute Gasteiger partial charge is 0.506 e. The molecule has 0 aromatic heterocycles. The molecule has 0 bridgehead atoms. The summed E-state index contributed by atoms with van der Waals surface area (Å²) < 4.78 is 5.94. The highest BCUT2D eigenvalue weighted by Gasteiger charge is 2.54. The molecule has 8 nitrogen and oxygen atoms in total. The number of anilines is 2. The molecule has 3 aliphatic carbocycles. The van der Waals surface area contributed by atoms with Gasteiger partial charge < -0.3 is 24.7 Å². The van der Waals surface area contributed by atoms with Crippen molar-refractivity contribution in [2.75, 3.05) is 68.7 Å². The van der Waals surface area contributed by atoms with Gasteiger partial charge in [0.25, 0.3) is 0 Å². The zero-order chi connectivity index (χ0) is 34.6. The number of allylic oxidation sites excluding steroid dienone is 1. The van der Waals surface area contributed by atoms with Gasteiger partial charge in [0.15, 0.2) is 6.04 Å². The van der Waals surface area contributed by atoms with Crippen molar-refractivity contribution in [1.29, 1.82) is 0 Å². The predicted octanol–water partition coefficient (Wildman–Crippen LogP) is 7.17. The molecule has 0 radical (unpaired) electrons. The number of hydrogen-bond acceptors (Lipinski definition) is 7. The van der Waals surface area contributed by atoms with E-state index in [0.29, 0.717) is 55.1 Å². The van der Waals surface area contributed by atoms with E-state index in [-0.39, 0.29) is 23.3 Å². The zero-order valence-electron chi connectivity index (χ0n) is 28.9. The van der Waals surface area contributed by atoms with Crippen molar-refractivity contribution in [2.45, 2.75) is 64.3 Å². The molecule has 48 heavy (non-hydrogen) atoms. The molecule has 3 aliphatic rings. The van der Waals surface area contributed by atoms with Crippen LogP contribution in [-0.2, 0) is 22.4 Å². The number of aromatic hydroxyl groups is 1. The summed E-state index contributed by atoms with van der Waals surface area (Å²) in [7, 11) is 4.11.